The Labute approximate surface area is 203 Å². The average molecular weight is 510 g/mol. The number of hydrogen-bond acceptors (Lipinski definition) is 6. The fourth-order valence-corrected chi connectivity index (χ4v) is 4.10. The molecule has 0 aliphatic carbocycles. The first-order valence-corrected chi connectivity index (χ1v) is 11.6. The lowest BCUT2D eigenvalue weighted by atomic mass is 10.1. The topological polar surface area (TPSA) is 95.3 Å². The van der Waals surface area contributed by atoms with Gasteiger partial charge in [0.25, 0.3) is 5.56 Å². The third-order valence-corrected chi connectivity index (χ3v) is 5.92. The zero-order chi connectivity index (χ0) is 25.2. The second-order valence-corrected chi connectivity index (χ2v) is 8.73. The van der Waals surface area contributed by atoms with Crippen molar-refractivity contribution in [1.29, 1.82) is 0 Å². The Morgan fingerprint density at radius 2 is 1.80 bits per heavy atom. The summed E-state index contributed by atoms with van der Waals surface area (Å²) in [7, 11) is 0. The van der Waals surface area contributed by atoms with E-state index in [1.54, 1.807) is 0 Å². The van der Waals surface area contributed by atoms with Gasteiger partial charge in [-0.3, -0.25) is 13.9 Å². The second-order valence-electron chi connectivity index (χ2n) is 8.29. The van der Waals surface area contributed by atoms with Crippen LogP contribution in [0.25, 0.3) is 0 Å². The van der Waals surface area contributed by atoms with Gasteiger partial charge in [-0.25, -0.2) is 9.79 Å². The Hall–Kier alpha value is -3.21. The first-order valence-electron chi connectivity index (χ1n) is 11.2. The molecule has 1 aliphatic heterocycles. The number of benzene rings is 1. The minimum Gasteiger partial charge on any atom is -0.339 e. The SMILES string of the molecule is CCCCn1c2c(c(=O)n(CCCc3nc(Cc4ccc(C(F)(F)F)cc4)no3)c1=O)CC(Cl)=N2. The summed E-state index contributed by atoms with van der Waals surface area (Å²) in [5.74, 6) is 1.00. The Bertz CT molecular complexity index is 1360. The minimum absolute atomic E-state index is 0.158. The van der Waals surface area contributed by atoms with Crippen LogP contribution < -0.4 is 11.2 Å². The molecule has 0 N–H and O–H groups in total. The number of alkyl halides is 3. The molecule has 35 heavy (non-hydrogen) atoms. The summed E-state index contributed by atoms with van der Waals surface area (Å²) in [4.78, 5) is 34.3. The number of aryl methyl sites for hydroxylation is 1. The van der Waals surface area contributed by atoms with E-state index in [-0.39, 0.29) is 24.6 Å². The molecule has 1 aromatic carbocycles. The summed E-state index contributed by atoms with van der Waals surface area (Å²) >= 11 is 6.04. The van der Waals surface area contributed by atoms with Crippen molar-refractivity contribution in [2.45, 2.75) is 64.7 Å². The predicted octanol–water partition coefficient (Wildman–Crippen LogP) is 4.26. The van der Waals surface area contributed by atoms with Crippen molar-refractivity contribution in [3.63, 3.8) is 0 Å². The van der Waals surface area contributed by atoms with Crippen molar-refractivity contribution in [3.8, 4) is 0 Å². The number of unbranched alkanes of at least 4 members (excludes halogenated alkanes) is 1. The fourth-order valence-electron chi connectivity index (χ4n) is 3.89. The summed E-state index contributed by atoms with van der Waals surface area (Å²) in [5, 5.41) is 4.16. The van der Waals surface area contributed by atoms with E-state index in [2.05, 4.69) is 15.1 Å². The quantitative estimate of drug-likeness (QED) is 0.429. The van der Waals surface area contributed by atoms with Crippen LogP contribution in [0.2, 0.25) is 0 Å². The Morgan fingerprint density at radius 3 is 2.49 bits per heavy atom. The summed E-state index contributed by atoms with van der Waals surface area (Å²) in [6.07, 6.45) is -1.59. The van der Waals surface area contributed by atoms with Gasteiger partial charge in [-0.2, -0.15) is 18.2 Å². The van der Waals surface area contributed by atoms with Crippen LogP contribution in [0.3, 0.4) is 0 Å². The van der Waals surface area contributed by atoms with Crippen LogP contribution in [-0.2, 0) is 38.5 Å². The van der Waals surface area contributed by atoms with Crippen LogP contribution in [0.15, 0.2) is 43.4 Å². The van der Waals surface area contributed by atoms with Crippen molar-refractivity contribution in [2.75, 3.05) is 0 Å². The van der Waals surface area contributed by atoms with Gasteiger partial charge in [0, 0.05) is 32.4 Å². The Morgan fingerprint density at radius 1 is 1.09 bits per heavy atom. The highest BCUT2D eigenvalue weighted by atomic mass is 35.5. The van der Waals surface area contributed by atoms with Crippen molar-refractivity contribution in [1.82, 2.24) is 19.3 Å². The highest BCUT2D eigenvalue weighted by Gasteiger charge is 2.30. The number of nitrogens with zero attached hydrogens (tertiary/aromatic N) is 5. The first kappa shape index (κ1) is 24.9. The third kappa shape index (κ3) is 5.55. The number of hydrogen-bond donors (Lipinski definition) is 0. The lowest BCUT2D eigenvalue weighted by molar-refractivity contribution is -0.137. The molecule has 4 rings (SSSR count). The maximum Gasteiger partial charge on any atom is 0.416 e. The van der Waals surface area contributed by atoms with Gasteiger partial charge in [0.1, 0.15) is 11.0 Å². The molecular weight excluding hydrogens is 487 g/mol. The molecule has 0 amide bonds. The van der Waals surface area contributed by atoms with Gasteiger partial charge in [0.15, 0.2) is 5.82 Å². The van der Waals surface area contributed by atoms with Gasteiger partial charge < -0.3 is 4.52 Å². The van der Waals surface area contributed by atoms with Crippen LogP contribution in [-0.4, -0.2) is 24.4 Å². The molecule has 0 unspecified atom stereocenters. The van der Waals surface area contributed by atoms with Gasteiger partial charge in [-0.05, 0) is 30.5 Å². The number of rotatable bonds is 9. The number of aliphatic imine (C=N–C) groups is 1. The molecule has 0 saturated heterocycles. The van der Waals surface area contributed by atoms with Gasteiger partial charge in [0.05, 0.1) is 11.1 Å². The Balaban J connectivity index is 1.42. The predicted molar refractivity (Wildman–Crippen MR) is 123 cm³/mol. The van der Waals surface area contributed by atoms with Crippen molar-refractivity contribution >= 4 is 22.6 Å². The monoisotopic (exact) mass is 509 g/mol. The molecule has 8 nitrogen and oxygen atoms in total. The molecule has 0 fully saturated rings. The summed E-state index contributed by atoms with van der Waals surface area (Å²) in [6.45, 7) is 2.61. The number of halogens is 4. The molecule has 3 aromatic rings. The van der Waals surface area contributed by atoms with Crippen molar-refractivity contribution in [3.05, 3.63) is 73.5 Å². The third-order valence-electron chi connectivity index (χ3n) is 5.70. The molecule has 186 valence electrons. The van der Waals surface area contributed by atoms with Crippen molar-refractivity contribution in [2.24, 2.45) is 4.99 Å². The zero-order valence-corrected chi connectivity index (χ0v) is 19.7. The van der Waals surface area contributed by atoms with Crippen LogP contribution in [0.4, 0.5) is 19.0 Å². The molecule has 1 aliphatic rings. The smallest absolute Gasteiger partial charge is 0.339 e. The van der Waals surface area contributed by atoms with Gasteiger partial charge in [-0.1, -0.05) is 42.2 Å². The molecule has 0 atom stereocenters. The van der Waals surface area contributed by atoms with E-state index in [0.29, 0.717) is 48.0 Å². The molecular formula is C23H23ClF3N5O3. The number of fused-ring (bicyclic) bond motifs is 1. The standard InChI is InChI=1S/C23H23ClF3N5O3/c1-2-3-10-31-20-16(13-17(24)28-20)21(33)32(22(31)34)11-4-5-19-29-18(30-35-19)12-14-6-8-15(9-7-14)23(25,26)27/h6-9H,2-5,10-13H2,1H3. The van der Waals surface area contributed by atoms with Crippen LogP contribution >= 0.6 is 11.6 Å². The maximum atomic E-state index is 13.0. The summed E-state index contributed by atoms with van der Waals surface area (Å²) < 4.78 is 46.0. The normalized spacial score (nSPS) is 13.2. The van der Waals surface area contributed by atoms with E-state index in [1.165, 1.54) is 21.3 Å². The summed E-state index contributed by atoms with van der Waals surface area (Å²) in [6, 6.07) is 4.77. The molecule has 0 saturated carbocycles. The van der Waals surface area contributed by atoms with E-state index >= 15 is 0 Å². The molecule has 2 aromatic heterocycles. The van der Waals surface area contributed by atoms with Gasteiger partial charge in [0.2, 0.25) is 5.89 Å². The molecule has 0 radical (unpaired) electrons. The van der Waals surface area contributed by atoms with E-state index in [0.717, 1.165) is 25.0 Å². The first-order chi connectivity index (χ1) is 16.7. The zero-order valence-electron chi connectivity index (χ0n) is 18.9. The highest BCUT2D eigenvalue weighted by molar-refractivity contribution is 6.66. The maximum absolute atomic E-state index is 13.0. The van der Waals surface area contributed by atoms with Crippen molar-refractivity contribution < 1.29 is 17.7 Å². The largest absolute Gasteiger partial charge is 0.416 e. The average Bonchev–Trinajstić information content (AvgIpc) is 3.42. The molecule has 0 bridgehead atoms. The number of aromatic nitrogens is 4. The van der Waals surface area contributed by atoms with E-state index < -0.39 is 23.0 Å². The lowest BCUT2D eigenvalue weighted by Gasteiger charge is -2.13. The molecule has 0 spiro atoms. The lowest BCUT2D eigenvalue weighted by Crippen LogP contribution is -2.41. The summed E-state index contributed by atoms with van der Waals surface area (Å²) in [5.41, 5.74) is -0.512. The van der Waals surface area contributed by atoms with Gasteiger partial charge >= 0.3 is 11.9 Å². The van der Waals surface area contributed by atoms with E-state index in [9.17, 15) is 22.8 Å². The van der Waals surface area contributed by atoms with E-state index in [4.69, 9.17) is 16.1 Å². The molecule has 3 heterocycles. The van der Waals surface area contributed by atoms with E-state index in [1.807, 2.05) is 6.92 Å². The van der Waals surface area contributed by atoms with Gasteiger partial charge in [-0.15, -0.1) is 0 Å². The Kier molecular flexibility index (Phi) is 7.25. The second kappa shape index (κ2) is 10.2. The highest BCUT2D eigenvalue weighted by Crippen LogP contribution is 2.29. The molecule has 12 heteroatoms. The van der Waals surface area contributed by atoms with Crippen LogP contribution in [0.5, 0.6) is 0 Å². The fraction of sp³-hybridized carbons (Fsp3) is 0.435. The minimum atomic E-state index is -4.39. The van der Waals surface area contributed by atoms with Crippen LogP contribution in [0.1, 0.15) is 54.6 Å². The van der Waals surface area contributed by atoms with Crippen LogP contribution in [0, 0.1) is 0 Å².